The van der Waals surface area contributed by atoms with Gasteiger partial charge in [-0.1, -0.05) is 58.0 Å². The molecule has 0 atom stereocenters. The molecule has 0 radical (unpaired) electrons. The number of benzene rings is 4. The molecule has 0 aliphatic rings. The summed E-state index contributed by atoms with van der Waals surface area (Å²) in [7, 11) is 6.75. The number of fused-ring (bicyclic) bond motifs is 8. The number of H-pyrrole nitrogens is 8. The van der Waals surface area contributed by atoms with Crippen LogP contribution in [0.3, 0.4) is 0 Å². The Hall–Kier alpha value is -18.4. The van der Waals surface area contributed by atoms with Gasteiger partial charge < -0.3 is 60.4 Å². The lowest BCUT2D eigenvalue weighted by Gasteiger charge is -2.18. The second-order valence-corrected chi connectivity index (χ2v) is 34.4. The fraction of sp³-hybridized carbons (Fsp3) is 0.231. The third-order valence-corrected chi connectivity index (χ3v) is 24.3. The summed E-state index contributed by atoms with van der Waals surface area (Å²) in [6, 6.07) is 39.1. The Morgan fingerprint density at radius 2 is 0.639 bits per heavy atom. The molecule has 144 heavy (non-hydrogen) atoms. The van der Waals surface area contributed by atoms with Gasteiger partial charge in [-0.05, 0) is 139 Å². The first-order valence-corrected chi connectivity index (χ1v) is 47.1. The lowest BCUT2D eigenvalue weighted by molar-refractivity contribution is -0.119. The van der Waals surface area contributed by atoms with Crippen LogP contribution in [0.15, 0.2) is 196 Å². The number of aromatic nitrogens is 24. The zero-order valence-corrected chi connectivity index (χ0v) is 81.6. The molecule has 40 nitrogen and oxygen atoms in total. The highest BCUT2D eigenvalue weighted by atomic mass is 16.2. The van der Waals surface area contributed by atoms with E-state index in [0.29, 0.717) is 189 Å². The molecular formula is C104H104N32O8. The third kappa shape index (κ3) is 20.4. The molecule has 20 rings (SSSR count). The van der Waals surface area contributed by atoms with Crippen LogP contribution in [0.5, 0.6) is 0 Å². The number of carbonyl (C=O) groups is 8. The van der Waals surface area contributed by atoms with Gasteiger partial charge in [0.05, 0.1) is 102 Å². The summed E-state index contributed by atoms with van der Waals surface area (Å²) < 4.78 is 0. The first-order valence-electron chi connectivity index (χ1n) is 47.1. The van der Waals surface area contributed by atoms with Crippen molar-refractivity contribution in [1.29, 1.82) is 0 Å². The van der Waals surface area contributed by atoms with Crippen LogP contribution in [0, 0.1) is 5.92 Å². The van der Waals surface area contributed by atoms with E-state index in [-0.39, 0.29) is 53.2 Å². The van der Waals surface area contributed by atoms with Crippen LogP contribution in [0.25, 0.3) is 179 Å². The molecule has 0 spiro atoms. The largest absolute Gasteiger partial charge is 0.345 e. The second kappa shape index (κ2) is 42.5. The van der Waals surface area contributed by atoms with Crippen LogP contribution in [0.4, 0.5) is 21.9 Å². The quantitative estimate of drug-likeness (QED) is 0.0240. The van der Waals surface area contributed by atoms with Crippen molar-refractivity contribution in [3.8, 4) is 90.6 Å². The van der Waals surface area contributed by atoms with E-state index >= 15 is 0 Å². The number of Topliss-reactive ketones (excluding diaryl/α,β-unsaturated/α-hetero) is 1. The number of hydrogen-bond acceptors (Lipinski definition) is 24. The number of para-hydroxylation sites is 4. The average Bonchev–Trinajstić information content (AvgIpc) is 1.63. The molecule has 4 aromatic carbocycles. The molecule has 0 fully saturated rings. The first-order chi connectivity index (χ1) is 69.7. The summed E-state index contributed by atoms with van der Waals surface area (Å²) >= 11 is 0. The van der Waals surface area contributed by atoms with Gasteiger partial charge in [-0.2, -0.15) is 20.4 Å². The van der Waals surface area contributed by atoms with Crippen molar-refractivity contribution in [1.82, 2.24) is 145 Å². The molecule has 728 valence electrons. The second-order valence-electron chi connectivity index (χ2n) is 34.4. The number of imidazole rings is 4. The predicted octanol–water partition coefficient (Wildman–Crippen LogP) is 17.0. The van der Waals surface area contributed by atoms with Gasteiger partial charge in [0.1, 0.15) is 50.6 Å². The summed E-state index contributed by atoms with van der Waals surface area (Å²) in [5.74, 6) is 1.85. The number of nitrogens with one attached hydrogen (secondary N) is 11. The Morgan fingerprint density at radius 1 is 0.326 bits per heavy atom. The van der Waals surface area contributed by atoms with Crippen molar-refractivity contribution in [2.45, 2.75) is 88.5 Å². The molecule has 0 aliphatic heterocycles. The van der Waals surface area contributed by atoms with Crippen molar-refractivity contribution < 1.29 is 38.4 Å². The number of hydrogen-bond donors (Lipinski definition) is 11. The van der Waals surface area contributed by atoms with Gasteiger partial charge in [0.25, 0.3) is 23.6 Å². The van der Waals surface area contributed by atoms with E-state index in [0.717, 1.165) is 93.8 Å². The fourth-order valence-corrected chi connectivity index (χ4v) is 16.3. The van der Waals surface area contributed by atoms with Crippen molar-refractivity contribution in [3.63, 3.8) is 0 Å². The Balaban J connectivity index is 0.000000132. The van der Waals surface area contributed by atoms with E-state index in [2.05, 4.69) is 117 Å². The highest BCUT2D eigenvalue weighted by Gasteiger charge is 2.28. The molecule has 20 aromatic rings. The molecule has 16 heterocycles. The zero-order valence-electron chi connectivity index (χ0n) is 81.6. The molecule has 8 amide bonds. The Kier molecular flexibility index (Phi) is 28.7. The molecule has 0 unspecified atom stereocenters. The number of pyridine rings is 8. The molecule has 0 saturated carbocycles. The SMILES string of the molecule is CCC(=O)Cc1ccc(-c2cnc3n[nH]c(-c4nc5c(C(=O)N(CC)CC)cccc5[nH]4)c3c2)cn1.CCC(=O)Nc1cncc(-c2cnc3n[nH]c(-c4nc5c(C(=O)N(CC)CC)cccc5[nH]4)c3c2)c1.CCN(CC)C(=O)c1cccc2[nH]c(-c3[nH]nc4ncc(-c5cncc(NC(=O)C(C)C)c5)cc34)nc12.CN(C)C(=O)Nc1cncc(-c2cnc3n[nH]c(-c4nc5c(C(=O)N(C)C)cccc5[nH]4)c3c2)c1. The highest BCUT2D eigenvalue weighted by Crippen LogP contribution is 2.38. The van der Waals surface area contributed by atoms with E-state index in [9.17, 15) is 38.4 Å². The van der Waals surface area contributed by atoms with Crippen molar-refractivity contribution in [2.75, 3.05) is 83.4 Å². The summed E-state index contributed by atoms with van der Waals surface area (Å²) in [6.07, 6.45) is 19.8. The van der Waals surface area contributed by atoms with Crippen LogP contribution >= 0.6 is 0 Å². The number of aromatic amines is 8. The van der Waals surface area contributed by atoms with Crippen molar-refractivity contribution in [3.05, 3.63) is 224 Å². The maximum Gasteiger partial charge on any atom is 0.321 e. The Labute approximate surface area is 823 Å². The van der Waals surface area contributed by atoms with Gasteiger partial charge in [0.2, 0.25) is 11.8 Å². The molecule has 0 bridgehead atoms. The number of anilines is 3. The minimum Gasteiger partial charge on any atom is -0.345 e. The number of urea groups is 1. The van der Waals surface area contributed by atoms with Crippen molar-refractivity contribution in [2.24, 2.45) is 5.92 Å². The van der Waals surface area contributed by atoms with Gasteiger partial charge in [-0.25, -0.2) is 44.7 Å². The monoisotopic (exact) mass is 1930 g/mol. The number of carbonyl (C=O) groups excluding carboxylic acids is 8. The molecular weight excluding hydrogens is 1830 g/mol. The number of nitrogens with zero attached hydrogens (tertiary/aromatic N) is 21. The standard InChI is InChI=1S/C27H28N8O2.C27H27N7O2.C26H26N8O2.C24H23N9O2/c1-5-35(6-2)27(37)19-8-7-9-21-22(19)32-25(31-21)23-20-11-17(13-29-24(20)34-33-23)16-10-18(14-28-12-16)30-26(36)15(3)4;1-4-19(35)13-18-11-10-16(14-28-18)17-12-21-24(32-33-25(21)29-15-17)26-30-22-9-7-8-20(23(22)31-26)27(36)34(5-2)6-3;1-4-21(35)29-17-10-15(12-27-14-17)16-11-19-23(32-33-24(19)28-13-16)25-30-20-9-7-8-18(22(20)31-25)26(36)34(5-2)6-3;1-32(2)23(34)16-6-5-7-18-19(16)29-22(28-18)20-17-9-14(11-26-21(17)31-30-20)13-8-15(12-25-10-13)27-24(35)33(3)4/h7-15H,5-6H2,1-4H3,(H,30,36)(H,31,32)(H,29,33,34);7-12,14-15H,4-6,13H2,1-3H3,(H,30,31)(H,29,32,33);7-14H,4-6H2,1-3H3,(H,29,35)(H,30,31)(H,28,32,33);5-12H,1-4H3,(H,27,35)(H,28,29)(H,26,30,31). The van der Waals surface area contributed by atoms with Gasteiger partial charge in [0, 0.05) is 192 Å². The fourth-order valence-electron chi connectivity index (χ4n) is 16.3. The van der Waals surface area contributed by atoms with E-state index in [1.807, 2.05) is 172 Å². The smallest absolute Gasteiger partial charge is 0.321 e. The predicted molar refractivity (Wildman–Crippen MR) is 553 cm³/mol. The number of amides is 8. The molecule has 0 saturated heterocycles. The van der Waals surface area contributed by atoms with Crippen LogP contribution in [0.1, 0.15) is 129 Å². The van der Waals surface area contributed by atoms with E-state index < -0.39 is 0 Å². The minimum absolute atomic E-state index is 0.0429. The maximum atomic E-state index is 13.1. The highest BCUT2D eigenvalue weighted by molar-refractivity contribution is 6.10. The normalized spacial score (nSPS) is 11.2. The summed E-state index contributed by atoms with van der Waals surface area (Å²) in [6.45, 7) is 22.9. The van der Waals surface area contributed by atoms with Crippen LogP contribution in [-0.4, -0.2) is 260 Å². The average molecular weight is 1930 g/mol. The Morgan fingerprint density at radius 3 is 0.938 bits per heavy atom. The molecule has 16 aromatic heterocycles. The Bertz CT molecular complexity index is 8250. The summed E-state index contributed by atoms with van der Waals surface area (Å²) in [5.41, 5.74) is 21.7. The van der Waals surface area contributed by atoms with Gasteiger partial charge in [0.15, 0.2) is 45.9 Å². The minimum atomic E-state index is -0.244. The van der Waals surface area contributed by atoms with E-state index in [1.54, 1.807) is 136 Å². The lowest BCUT2D eigenvalue weighted by Crippen LogP contribution is -2.30. The maximum absolute atomic E-state index is 13.1. The summed E-state index contributed by atoms with van der Waals surface area (Å²) in [5, 5.41) is 41.1. The van der Waals surface area contributed by atoms with Gasteiger partial charge in [-0.3, -0.25) is 73.9 Å². The zero-order chi connectivity index (χ0) is 101. The van der Waals surface area contributed by atoms with Gasteiger partial charge in [-0.15, -0.1) is 0 Å². The molecule has 0 aliphatic carbocycles. The molecule has 11 N–H and O–H groups in total. The van der Waals surface area contributed by atoms with Gasteiger partial charge >= 0.3 is 6.03 Å². The van der Waals surface area contributed by atoms with Crippen molar-refractivity contribution >= 4 is 153 Å². The third-order valence-electron chi connectivity index (χ3n) is 24.3. The lowest BCUT2D eigenvalue weighted by atomic mass is 10.1. The number of rotatable bonds is 26. The van der Waals surface area contributed by atoms with Crippen LogP contribution in [0.2, 0.25) is 0 Å². The van der Waals surface area contributed by atoms with Crippen LogP contribution in [-0.2, 0) is 20.8 Å². The van der Waals surface area contributed by atoms with E-state index in [4.69, 9.17) is 19.9 Å². The summed E-state index contributed by atoms with van der Waals surface area (Å²) in [4.78, 5) is 175. The molecule has 40 heteroatoms. The first kappa shape index (κ1) is 97.3. The number of ketones is 1. The topological polar surface area (TPSA) is 521 Å². The van der Waals surface area contributed by atoms with Crippen LogP contribution < -0.4 is 16.0 Å². The van der Waals surface area contributed by atoms with E-state index in [1.165, 1.54) is 9.80 Å².